The van der Waals surface area contributed by atoms with Crippen LogP contribution < -0.4 is 11.1 Å². The van der Waals surface area contributed by atoms with Crippen LogP contribution in [0.3, 0.4) is 0 Å². The molecule has 0 aliphatic carbocycles. The van der Waals surface area contributed by atoms with Gasteiger partial charge in [-0.1, -0.05) is 45.0 Å². The van der Waals surface area contributed by atoms with Gasteiger partial charge in [0.1, 0.15) is 0 Å². The third-order valence-corrected chi connectivity index (χ3v) is 6.34. The first-order valence-electron chi connectivity index (χ1n) is 9.80. The molecule has 32 heavy (non-hydrogen) atoms. The van der Waals surface area contributed by atoms with Crippen molar-refractivity contribution in [2.45, 2.75) is 30.6 Å². The van der Waals surface area contributed by atoms with Crippen LogP contribution >= 0.6 is 23.5 Å². The SMILES string of the molecule is CC(C)(C)C(=O)COC(=O)c1ccccc1SCC(=O)Nc1ccccc1SCC(N)=O. The van der Waals surface area contributed by atoms with Gasteiger partial charge in [-0.05, 0) is 24.3 Å². The number of amides is 2. The lowest BCUT2D eigenvalue weighted by molar-refractivity contribution is -0.129. The van der Waals surface area contributed by atoms with Gasteiger partial charge in [-0.2, -0.15) is 0 Å². The first-order chi connectivity index (χ1) is 15.1. The maximum Gasteiger partial charge on any atom is 0.339 e. The van der Waals surface area contributed by atoms with Gasteiger partial charge in [0.15, 0.2) is 12.4 Å². The molecule has 7 nitrogen and oxygen atoms in total. The average Bonchev–Trinajstić information content (AvgIpc) is 2.74. The molecule has 0 saturated heterocycles. The maximum atomic E-state index is 12.5. The predicted molar refractivity (Wildman–Crippen MR) is 127 cm³/mol. The van der Waals surface area contributed by atoms with Gasteiger partial charge in [-0.3, -0.25) is 14.4 Å². The zero-order chi connectivity index (χ0) is 23.7. The monoisotopic (exact) mass is 474 g/mol. The number of thioether (sulfide) groups is 2. The molecule has 2 aromatic rings. The lowest BCUT2D eigenvalue weighted by Crippen LogP contribution is -2.26. The molecule has 9 heteroatoms. The summed E-state index contributed by atoms with van der Waals surface area (Å²) in [7, 11) is 0. The Kier molecular flexibility index (Phi) is 9.34. The summed E-state index contributed by atoms with van der Waals surface area (Å²) in [6, 6.07) is 13.9. The molecule has 3 N–H and O–H groups in total. The highest BCUT2D eigenvalue weighted by Crippen LogP contribution is 2.28. The van der Waals surface area contributed by atoms with E-state index in [1.54, 1.807) is 69.3 Å². The van der Waals surface area contributed by atoms with Gasteiger partial charge in [0.2, 0.25) is 11.8 Å². The van der Waals surface area contributed by atoms with Crippen LogP contribution in [0, 0.1) is 5.41 Å². The summed E-state index contributed by atoms with van der Waals surface area (Å²) in [6.07, 6.45) is 0. The minimum Gasteiger partial charge on any atom is -0.454 e. The fraction of sp³-hybridized carbons (Fsp3) is 0.304. The summed E-state index contributed by atoms with van der Waals surface area (Å²) in [5, 5.41) is 2.82. The fourth-order valence-electron chi connectivity index (χ4n) is 2.36. The molecule has 0 fully saturated rings. The third kappa shape index (κ3) is 8.05. The van der Waals surface area contributed by atoms with Crippen molar-refractivity contribution in [1.29, 1.82) is 0 Å². The zero-order valence-corrected chi connectivity index (χ0v) is 19.8. The van der Waals surface area contributed by atoms with Crippen LogP contribution in [0.5, 0.6) is 0 Å². The van der Waals surface area contributed by atoms with Crippen molar-refractivity contribution in [2.24, 2.45) is 11.1 Å². The minimum absolute atomic E-state index is 0.0556. The van der Waals surface area contributed by atoms with Gasteiger partial charge in [-0.15, -0.1) is 23.5 Å². The van der Waals surface area contributed by atoms with Crippen LogP contribution in [0.2, 0.25) is 0 Å². The quantitative estimate of drug-likeness (QED) is 0.398. The number of esters is 1. The Morgan fingerprint density at radius 3 is 2.16 bits per heavy atom. The molecular formula is C23H26N2O5S2. The van der Waals surface area contributed by atoms with Crippen molar-refractivity contribution in [3.63, 3.8) is 0 Å². The number of anilines is 1. The van der Waals surface area contributed by atoms with Crippen LogP contribution in [-0.2, 0) is 19.1 Å². The minimum atomic E-state index is -0.612. The zero-order valence-electron chi connectivity index (χ0n) is 18.2. The molecule has 0 heterocycles. The second-order valence-electron chi connectivity index (χ2n) is 7.83. The summed E-state index contributed by atoms with van der Waals surface area (Å²) in [6.45, 7) is 4.98. The highest BCUT2D eigenvalue weighted by Gasteiger charge is 2.23. The molecule has 2 aromatic carbocycles. The van der Waals surface area contributed by atoms with E-state index in [4.69, 9.17) is 10.5 Å². The second-order valence-corrected chi connectivity index (χ2v) is 9.87. The van der Waals surface area contributed by atoms with E-state index in [0.717, 1.165) is 4.90 Å². The van der Waals surface area contributed by atoms with Crippen LogP contribution in [-0.4, -0.2) is 41.7 Å². The lowest BCUT2D eigenvalue weighted by Gasteiger charge is -2.16. The summed E-state index contributed by atoms with van der Waals surface area (Å²) in [5.41, 5.74) is 5.47. The Morgan fingerprint density at radius 1 is 0.906 bits per heavy atom. The predicted octanol–water partition coefficient (Wildman–Crippen LogP) is 3.77. The number of ether oxygens (including phenoxy) is 1. The summed E-state index contributed by atoms with van der Waals surface area (Å²) >= 11 is 2.43. The molecule has 0 unspecified atom stereocenters. The van der Waals surface area contributed by atoms with Crippen LogP contribution in [0.25, 0.3) is 0 Å². The number of carbonyl (C=O) groups is 4. The summed E-state index contributed by atoms with van der Waals surface area (Å²) in [4.78, 5) is 49.3. The smallest absolute Gasteiger partial charge is 0.339 e. The molecule has 2 amide bonds. The first-order valence-corrected chi connectivity index (χ1v) is 11.8. The molecule has 0 aliphatic rings. The van der Waals surface area contributed by atoms with E-state index in [1.165, 1.54) is 23.5 Å². The fourth-order valence-corrected chi connectivity index (χ4v) is 3.95. The van der Waals surface area contributed by atoms with Crippen molar-refractivity contribution >= 4 is 52.8 Å². The molecule has 2 rings (SSSR count). The Hall–Kier alpha value is -2.78. The number of nitrogens with one attached hydrogen (secondary N) is 1. The van der Waals surface area contributed by atoms with Gasteiger partial charge >= 0.3 is 5.97 Å². The molecule has 170 valence electrons. The molecule has 0 saturated carbocycles. The van der Waals surface area contributed by atoms with E-state index in [1.807, 2.05) is 0 Å². The highest BCUT2D eigenvalue weighted by molar-refractivity contribution is 8.00. The van der Waals surface area contributed by atoms with E-state index in [9.17, 15) is 19.2 Å². The van der Waals surface area contributed by atoms with Gasteiger partial charge in [0.05, 0.1) is 22.8 Å². The van der Waals surface area contributed by atoms with E-state index >= 15 is 0 Å². The normalized spacial score (nSPS) is 11.0. The number of para-hydroxylation sites is 1. The topological polar surface area (TPSA) is 116 Å². The van der Waals surface area contributed by atoms with Crippen LogP contribution in [0.15, 0.2) is 58.3 Å². The van der Waals surface area contributed by atoms with E-state index in [-0.39, 0.29) is 29.8 Å². The van der Waals surface area contributed by atoms with Gasteiger partial charge in [0, 0.05) is 15.2 Å². The Morgan fingerprint density at radius 2 is 1.50 bits per heavy atom. The lowest BCUT2D eigenvalue weighted by atomic mass is 9.91. The van der Waals surface area contributed by atoms with Crippen molar-refractivity contribution in [2.75, 3.05) is 23.4 Å². The number of benzene rings is 2. The van der Waals surface area contributed by atoms with E-state index < -0.39 is 17.3 Å². The van der Waals surface area contributed by atoms with Gasteiger partial charge in [0.25, 0.3) is 0 Å². The number of primary amides is 1. The van der Waals surface area contributed by atoms with Crippen molar-refractivity contribution in [1.82, 2.24) is 0 Å². The van der Waals surface area contributed by atoms with E-state index in [2.05, 4.69) is 5.32 Å². The number of ketones is 1. The second kappa shape index (κ2) is 11.7. The van der Waals surface area contributed by atoms with Crippen molar-refractivity contribution in [3.05, 3.63) is 54.1 Å². The van der Waals surface area contributed by atoms with Gasteiger partial charge in [-0.25, -0.2) is 4.79 Å². The number of hydrogen-bond acceptors (Lipinski definition) is 7. The van der Waals surface area contributed by atoms with Crippen LogP contribution in [0.1, 0.15) is 31.1 Å². The standard InChI is InChI=1S/C23H26N2O5S2/c1-23(2,3)19(26)12-30-22(29)15-8-4-6-10-17(15)32-14-21(28)25-16-9-5-7-11-18(16)31-13-20(24)27/h4-11H,12-14H2,1-3H3,(H2,24,27)(H,25,28). The largest absolute Gasteiger partial charge is 0.454 e. The molecule has 0 spiro atoms. The highest BCUT2D eigenvalue weighted by atomic mass is 32.2. The molecule has 0 aromatic heterocycles. The Labute approximate surface area is 195 Å². The van der Waals surface area contributed by atoms with Crippen molar-refractivity contribution in [3.8, 4) is 0 Å². The molecule has 0 bridgehead atoms. The number of hydrogen-bond donors (Lipinski definition) is 2. The number of nitrogens with two attached hydrogens (primary N) is 1. The van der Waals surface area contributed by atoms with Crippen molar-refractivity contribution < 1.29 is 23.9 Å². The van der Waals surface area contributed by atoms with E-state index in [0.29, 0.717) is 16.1 Å². The van der Waals surface area contributed by atoms with Gasteiger partial charge < -0.3 is 15.8 Å². The summed E-state index contributed by atoms with van der Waals surface area (Å²) in [5.74, 6) is -1.34. The Balaban J connectivity index is 1.99. The molecule has 0 atom stereocenters. The number of Topliss-reactive ketones (excluding diaryl/α,β-unsaturated/α-hetero) is 1. The Bertz CT molecular complexity index is 1000. The molecule has 0 aliphatic heterocycles. The number of rotatable bonds is 10. The molecule has 0 radical (unpaired) electrons. The first kappa shape index (κ1) is 25.5. The third-order valence-electron chi connectivity index (χ3n) is 4.17. The van der Waals surface area contributed by atoms with Crippen LogP contribution in [0.4, 0.5) is 5.69 Å². The average molecular weight is 475 g/mol. The molecular weight excluding hydrogens is 448 g/mol. The summed E-state index contributed by atoms with van der Waals surface area (Å²) < 4.78 is 5.18. The number of carbonyl (C=O) groups excluding carboxylic acids is 4. The maximum absolute atomic E-state index is 12.5.